The third-order valence-electron chi connectivity index (χ3n) is 5.11. The number of carbonyl (C=O) groups excluding carboxylic acids is 1. The maximum Gasteiger partial charge on any atom is 0.270 e. The van der Waals surface area contributed by atoms with Crippen LogP contribution in [0.2, 0.25) is 0 Å². The zero-order valence-electron chi connectivity index (χ0n) is 13.9. The first-order valence-corrected chi connectivity index (χ1v) is 8.89. The van der Waals surface area contributed by atoms with Crippen molar-refractivity contribution >= 4 is 11.7 Å². The molecule has 4 rings (SSSR count). The lowest BCUT2D eigenvalue weighted by molar-refractivity contribution is 0.0933. The second kappa shape index (κ2) is 6.63. The molecule has 0 saturated heterocycles. The average molecular weight is 321 g/mol. The highest BCUT2D eigenvalue weighted by atomic mass is 16.1. The van der Waals surface area contributed by atoms with Gasteiger partial charge in [-0.15, -0.1) is 0 Å². The third kappa shape index (κ3) is 3.14. The number of benzene rings is 1. The highest BCUT2D eigenvalue weighted by Crippen LogP contribution is 2.23. The molecule has 1 aliphatic carbocycles. The summed E-state index contributed by atoms with van der Waals surface area (Å²) in [7, 11) is 0. The SMILES string of the molecule is O=C(NC1CCCC1)c1cccc(N2CCc3ccccc3C2)n1. The minimum absolute atomic E-state index is 0.0406. The molecule has 4 nitrogen and oxygen atoms in total. The zero-order valence-corrected chi connectivity index (χ0v) is 13.9. The predicted octanol–water partition coefficient (Wildman–Crippen LogP) is 3.32. The number of anilines is 1. The number of hydrogen-bond donors (Lipinski definition) is 1. The van der Waals surface area contributed by atoms with Crippen molar-refractivity contribution in [3.8, 4) is 0 Å². The number of hydrogen-bond acceptors (Lipinski definition) is 3. The van der Waals surface area contributed by atoms with Crippen molar-refractivity contribution in [3.63, 3.8) is 0 Å². The fourth-order valence-electron chi connectivity index (χ4n) is 3.75. The van der Waals surface area contributed by atoms with Crippen LogP contribution in [0, 0.1) is 0 Å². The third-order valence-corrected chi connectivity index (χ3v) is 5.11. The van der Waals surface area contributed by atoms with Gasteiger partial charge in [0.15, 0.2) is 0 Å². The molecule has 4 heteroatoms. The molecule has 0 spiro atoms. The molecule has 2 aliphatic rings. The van der Waals surface area contributed by atoms with Crippen molar-refractivity contribution in [2.45, 2.75) is 44.7 Å². The van der Waals surface area contributed by atoms with Crippen LogP contribution in [-0.4, -0.2) is 23.5 Å². The monoisotopic (exact) mass is 321 g/mol. The Morgan fingerprint density at radius 1 is 1.04 bits per heavy atom. The zero-order chi connectivity index (χ0) is 16.4. The second-order valence-electron chi connectivity index (χ2n) is 6.78. The van der Waals surface area contributed by atoms with E-state index < -0.39 is 0 Å². The minimum atomic E-state index is -0.0406. The van der Waals surface area contributed by atoms with Crippen molar-refractivity contribution in [1.82, 2.24) is 10.3 Å². The van der Waals surface area contributed by atoms with Crippen LogP contribution in [-0.2, 0) is 13.0 Å². The molecule has 2 heterocycles. The lowest BCUT2D eigenvalue weighted by atomic mass is 10.00. The highest BCUT2D eigenvalue weighted by Gasteiger charge is 2.21. The Hall–Kier alpha value is -2.36. The van der Waals surface area contributed by atoms with Crippen molar-refractivity contribution in [3.05, 3.63) is 59.3 Å². The fourth-order valence-corrected chi connectivity index (χ4v) is 3.75. The average Bonchev–Trinajstić information content (AvgIpc) is 3.14. The van der Waals surface area contributed by atoms with Crippen molar-refractivity contribution in [1.29, 1.82) is 0 Å². The number of nitrogens with zero attached hydrogens (tertiary/aromatic N) is 2. The summed E-state index contributed by atoms with van der Waals surface area (Å²) >= 11 is 0. The van der Waals surface area contributed by atoms with Gasteiger partial charge in [0.1, 0.15) is 11.5 Å². The second-order valence-corrected chi connectivity index (χ2v) is 6.78. The predicted molar refractivity (Wildman–Crippen MR) is 95.2 cm³/mol. The number of carbonyl (C=O) groups is 1. The molecule has 1 aromatic heterocycles. The van der Waals surface area contributed by atoms with Gasteiger partial charge in [0.05, 0.1) is 0 Å². The first-order chi connectivity index (χ1) is 11.8. The Kier molecular flexibility index (Phi) is 4.20. The number of fused-ring (bicyclic) bond motifs is 1. The van der Waals surface area contributed by atoms with Crippen LogP contribution in [0.3, 0.4) is 0 Å². The maximum absolute atomic E-state index is 12.4. The molecule has 1 amide bonds. The fraction of sp³-hybridized carbons (Fsp3) is 0.400. The van der Waals surface area contributed by atoms with Gasteiger partial charge in [-0.3, -0.25) is 4.79 Å². The molecule has 1 N–H and O–H groups in total. The van der Waals surface area contributed by atoms with Gasteiger partial charge in [0, 0.05) is 19.1 Å². The lowest BCUT2D eigenvalue weighted by Crippen LogP contribution is -2.34. The molecule has 1 fully saturated rings. The molecule has 1 aromatic carbocycles. The largest absolute Gasteiger partial charge is 0.352 e. The number of amides is 1. The molecule has 0 bridgehead atoms. The van der Waals surface area contributed by atoms with E-state index >= 15 is 0 Å². The summed E-state index contributed by atoms with van der Waals surface area (Å²) in [6.07, 6.45) is 5.64. The van der Waals surface area contributed by atoms with Crippen LogP contribution in [0.4, 0.5) is 5.82 Å². The molecule has 0 radical (unpaired) electrons. The molecular formula is C20H23N3O. The van der Waals surface area contributed by atoms with Crippen molar-refractivity contribution in [2.75, 3.05) is 11.4 Å². The van der Waals surface area contributed by atoms with Crippen LogP contribution < -0.4 is 10.2 Å². The van der Waals surface area contributed by atoms with Gasteiger partial charge in [0.2, 0.25) is 0 Å². The summed E-state index contributed by atoms with van der Waals surface area (Å²) in [5, 5.41) is 3.12. The van der Waals surface area contributed by atoms with E-state index in [0.29, 0.717) is 11.7 Å². The van der Waals surface area contributed by atoms with Gasteiger partial charge in [-0.2, -0.15) is 0 Å². The van der Waals surface area contributed by atoms with Crippen molar-refractivity contribution in [2.24, 2.45) is 0 Å². The molecule has 1 aliphatic heterocycles. The van der Waals surface area contributed by atoms with E-state index in [1.54, 1.807) is 0 Å². The van der Waals surface area contributed by atoms with E-state index in [-0.39, 0.29) is 5.91 Å². The summed E-state index contributed by atoms with van der Waals surface area (Å²) in [6.45, 7) is 1.80. The smallest absolute Gasteiger partial charge is 0.270 e. The van der Waals surface area contributed by atoms with Gasteiger partial charge in [-0.25, -0.2) is 4.98 Å². The number of nitrogens with one attached hydrogen (secondary N) is 1. The Labute approximate surface area is 142 Å². The van der Waals surface area contributed by atoms with Crippen LogP contribution >= 0.6 is 0 Å². The van der Waals surface area contributed by atoms with Crippen molar-refractivity contribution < 1.29 is 4.79 Å². The van der Waals surface area contributed by atoms with E-state index in [1.165, 1.54) is 24.0 Å². The topological polar surface area (TPSA) is 45.2 Å². The molecule has 0 atom stereocenters. The van der Waals surface area contributed by atoms with Gasteiger partial charge in [-0.05, 0) is 42.5 Å². The number of aromatic nitrogens is 1. The van der Waals surface area contributed by atoms with Gasteiger partial charge in [0.25, 0.3) is 5.91 Å². The molecule has 1 saturated carbocycles. The van der Waals surface area contributed by atoms with E-state index in [9.17, 15) is 4.79 Å². The highest BCUT2D eigenvalue weighted by molar-refractivity contribution is 5.92. The van der Waals surface area contributed by atoms with Crippen LogP contribution in [0.1, 0.15) is 47.3 Å². The maximum atomic E-state index is 12.4. The van der Waals surface area contributed by atoms with Crippen LogP contribution in [0.5, 0.6) is 0 Å². The first-order valence-electron chi connectivity index (χ1n) is 8.89. The molecular weight excluding hydrogens is 298 g/mol. The van der Waals surface area contributed by atoms with Gasteiger partial charge >= 0.3 is 0 Å². The Bertz CT molecular complexity index is 737. The Morgan fingerprint density at radius 3 is 2.67 bits per heavy atom. The standard InChI is InChI=1S/C20H23N3O/c24-20(21-17-8-3-4-9-17)18-10-5-11-19(22-18)23-13-12-15-6-1-2-7-16(15)14-23/h1-2,5-7,10-11,17H,3-4,8-9,12-14H2,(H,21,24). The quantitative estimate of drug-likeness (QED) is 0.943. The Morgan fingerprint density at radius 2 is 1.83 bits per heavy atom. The lowest BCUT2D eigenvalue weighted by Gasteiger charge is -2.30. The summed E-state index contributed by atoms with van der Waals surface area (Å²) in [5.74, 6) is 0.852. The normalized spacial score (nSPS) is 17.6. The molecule has 24 heavy (non-hydrogen) atoms. The minimum Gasteiger partial charge on any atom is -0.352 e. The van der Waals surface area contributed by atoms with E-state index in [4.69, 9.17) is 0 Å². The summed E-state index contributed by atoms with van der Waals surface area (Å²) < 4.78 is 0. The van der Waals surface area contributed by atoms with E-state index in [1.807, 2.05) is 18.2 Å². The van der Waals surface area contributed by atoms with Gasteiger partial charge < -0.3 is 10.2 Å². The molecule has 2 aromatic rings. The summed E-state index contributed by atoms with van der Waals surface area (Å²) in [6, 6.07) is 14.6. The van der Waals surface area contributed by atoms with Crippen LogP contribution in [0.25, 0.3) is 0 Å². The first kappa shape index (κ1) is 15.2. The number of rotatable bonds is 3. The molecule has 124 valence electrons. The van der Waals surface area contributed by atoms with E-state index in [2.05, 4.69) is 39.5 Å². The van der Waals surface area contributed by atoms with Gasteiger partial charge in [-0.1, -0.05) is 43.2 Å². The van der Waals surface area contributed by atoms with Crippen LogP contribution in [0.15, 0.2) is 42.5 Å². The molecule has 0 unspecified atom stereocenters. The summed E-state index contributed by atoms with van der Waals surface area (Å²) in [5.41, 5.74) is 3.30. The number of pyridine rings is 1. The Balaban J connectivity index is 1.49. The summed E-state index contributed by atoms with van der Waals surface area (Å²) in [4.78, 5) is 19.3. The van der Waals surface area contributed by atoms with E-state index in [0.717, 1.165) is 38.2 Å².